The molecule has 0 aliphatic carbocycles. The predicted octanol–water partition coefficient (Wildman–Crippen LogP) is 3.99. The van der Waals surface area contributed by atoms with Crippen LogP contribution in [0.2, 0.25) is 0 Å². The number of aromatic nitrogens is 1. The molecule has 1 aromatic carbocycles. The Labute approximate surface area is 184 Å². The highest BCUT2D eigenvalue weighted by Crippen LogP contribution is 2.22. The van der Waals surface area contributed by atoms with Gasteiger partial charge in [0.25, 0.3) is 0 Å². The minimum absolute atomic E-state index is 0. The number of hydrogen-bond acceptors (Lipinski definition) is 5. The highest BCUT2D eigenvalue weighted by atomic mass is 35.5. The fraction of sp³-hybridized carbons (Fsp3) is 0.500. The van der Waals surface area contributed by atoms with Gasteiger partial charge in [0, 0.05) is 17.6 Å². The van der Waals surface area contributed by atoms with Crippen LogP contribution < -0.4 is 10.6 Å². The first-order valence-corrected chi connectivity index (χ1v) is 10.3. The Morgan fingerprint density at radius 2 is 1.93 bits per heavy atom. The van der Waals surface area contributed by atoms with E-state index in [4.69, 9.17) is 0 Å². The zero-order valence-electron chi connectivity index (χ0n) is 16.2. The van der Waals surface area contributed by atoms with E-state index in [1.165, 1.54) is 19.3 Å². The number of para-hydroxylation sites is 1. The number of nitrogens with zero attached hydrogens (tertiary/aromatic N) is 2. The highest BCUT2D eigenvalue weighted by molar-refractivity contribution is 7.09. The summed E-state index contributed by atoms with van der Waals surface area (Å²) in [5.41, 5.74) is 1.92. The summed E-state index contributed by atoms with van der Waals surface area (Å²) in [6, 6.07) is 9.56. The number of anilines is 1. The van der Waals surface area contributed by atoms with Crippen LogP contribution in [-0.2, 0) is 17.8 Å². The first-order valence-electron chi connectivity index (χ1n) is 9.38. The molecule has 3 rings (SSSR count). The number of piperidine rings is 1. The predicted molar refractivity (Wildman–Crippen MR) is 122 cm³/mol. The molecule has 1 aliphatic heterocycles. The lowest BCUT2D eigenvalue weighted by Gasteiger charge is -2.31. The molecule has 0 atom stereocenters. The van der Waals surface area contributed by atoms with Gasteiger partial charge in [0.15, 0.2) is 0 Å². The summed E-state index contributed by atoms with van der Waals surface area (Å²) in [7, 11) is 2.02. The largest absolute Gasteiger partial charge is 0.326 e. The number of halogens is 2. The second kappa shape index (κ2) is 13.1. The molecule has 2 N–H and O–H groups in total. The molecule has 0 unspecified atom stereocenters. The van der Waals surface area contributed by atoms with Gasteiger partial charge in [-0.2, -0.15) is 0 Å². The van der Waals surface area contributed by atoms with E-state index in [2.05, 4.69) is 25.9 Å². The Bertz CT molecular complexity index is 691. The van der Waals surface area contributed by atoms with E-state index in [1.807, 2.05) is 37.4 Å². The van der Waals surface area contributed by atoms with Gasteiger partial charge in [0.1, 0.15) is 5.01 Å². The number of thiazole rings is 1. The number of likely N-dealkylation sites (tertiary alicyclic amines) is 1. The molecule has 1 fully saturated rings. The molecular weight excluding hydrogens is 415 g/mol. The molecule has 8 heteroatoms. The summed E-state index contributed by atoms with van der Waals surface area (Å²) in [6.45, 7) is 4.31. The second-order valence-electron chi connectivity index (χ2n) is 6.94. The van der Waals surface area contributed by atoms with Crippen LogP contribution >= 0.6 is 36.2 Å². The van der Waals surface area contributed by atoms with Crippen molar-refractivity contribution in [2.75, 3.05) is 32.0 Å². The Kier molecular flexibility index (Phi) is 11.6. The van der Waals surface area contributed by atoms with Crippen LogP contribution in [0.3, 0.4) is 0 Å². The maximum atomic E-state index is 12.1. The standard InChI is InChI=1S/C20H28N4OS.2ClH/c1-21-10-7-16-8-11-24(12-9-16)14-18-15-26-20(23-18)13-19(25)22-17-5-3-2-4-6-17;;/h2-6,15-16,21H,7-14H2,1H3,(H,22,25);2*1H. The molecule has 1 amide bonds. The van der Waals surface area contributed by atoms with E-state index in [0.717, 1.165) is 48.5 Å². The third-order valence-electron chi connectivity index (χ3n) is 4.86. The summed E-state index contributed by atoms with van der Waals surface area (Å²) in [5.74, 6) is 0.842. The summed E-state index contributed by atoms with van der Waals surface area (Å²) in [4.78, 5) is 19.3. The quantitative estimate of drug-likeness (QED) is 0.645. The average Bonchev–Trinajstić information content (AvgIpc) is 3.08. The Morgan fingerprint density at radius 1 is 1.21 bits per heavy atom. The van der Waals surface area contributed by atoms with E-state index in [0.29, 0.717) is 6.42 Å². The average molecular weight is 445 g/mol. The number of nitrogens with one attached hydrogen (secondary N) is 2. The third-order valence-corrected chi connectivity index (χ3v) is 5.76. The van der Waals surface area contributed by atoms with E-state index in [9.17, 15) is 4.79 Å². The zero-order chi connectivity index (χ0) is 18.2. The lowest BCUT2D eigenvalue weighted by atomic mass is 9.93. The van der Waals surface area contributed by atoms with Crippen molar-refractivity contribution in [1.82, 2.24) is 15.2 Å². The maximum Gasteiger partial charge on any atom is 0.231 e. The SMILES string of the molecule is CNCCC1CCN(Cc2csc(CC(=O)Nc3ccccc3)n2)CC1.Cl.Cl. The molecule has 1 aliphatic rings. The van der Waals surface area contributed by atoms with Crippen LogP contribution in [0.1, 0.15) is 30.0 Å². The highest BCUT2D eigenvalue weighted by Gasteiger charge is 2.19. The molecule has 0 radical (unpaired) electrons. The number of hydrogen-bond donors (Lipinski definition) is 2. The normalized spacial score (nSPS) is 14.8. The van der Waals surface area contributed by atoms with Gasteiger partial charge in [-0.05, 0) is 64.0 Å². The maximum absolute atomic E-state index is 12.1. The van der Waals surface area contributed by atoms with E-state index >= 15 is 0 Å². The minimum Gasteiger partial charge on any atom is -0.326 e. The van der Waals surface area contributed by atoms with Gasteiger partial charge in [-0.25, -0.2) is 4.98 Å². The van der Waals surface area contributed by atoms with Gasteiger partial charge in [0.05, 0.1) is 12.1 Å². The van der Waals surface area contributed by atoms with Crippen LogP contribution in [0.5, 0.6) is 0 Å². The molecule has 156 valence electrons. The molecule has 1 aromatic heterocycles. The fourth-order valence-corrected chi connectivity index (χ4v) is 4.16. The lowest BCUT2D eigenvalue weighted by molar-refractivity contribution is -0.115. The molecule has 5 nitrogen and oxygen atoms in total. The van der Waals surface area contributed by atoms with Crippen molar-refractivity contribution in [2.24, 2.45) is 5.92 Å². The molecule has 2 heterocycles. The number of carbonyl (C=O) groups excluding carboxylic acids is 1. The van der Waals surface area contributed by atoms with Crippen molar-refractivity contribution in [3.63, 3.8) is 0 Å². The van der Waals surface area contributed by atoms with E-state index < -0.39 is 0 Å². The molecule has 28 heavy (non-hydrogen) atoms. The van der Waals surface area contributed by atoms with Crippen molar-refractivity contribution >= 4 is 47.7 Å². The number of benzene rings is 1. The molecular formula is C20H30Cl2N4OS. The van der Waals surface area contributed by atoms with Crippen LogP contribution in [0.25, 0.3) is 0 Å². The van der Waals surface area contributed by atoms with Crippen LogP contribution in [0.4, 0.5) is 5.69 Å². The first kappa shape index (κ1) is 24.9. The van der Waals surface area contributed by atoms with E-state index in [-0.39, 0.29) is 30.7 Å². The smallest absolute Gasteiger partial charge is 0.231 e. The Morgan fingerprint density at radius 3 is 2.61 bits per heavy atom. The van der Waals surface area contributed by atoms with Gasteiger partial charge in [-0.3, -0.25) is 9.69 Å². The van der Waals surface area contributed by atoms with Crippen molar-refractivity contribution in [3.05, 3.63) is 46.4 Å². The summed E-state index contributed by atoms with van der Waals surface area (Å²) in [6.07, 6.45) is 4.17. The van der Waals surface area contributed by atoms with Crippen LogP contribution in [0, 0.1) is 5.92 Å². The Hall–Kier alpha value is -1.18. The second-order valence-corrected chi connectivity index (χ2v) is 7.88. The van der Waals surface area contributed by atoms with Crippen LogP contribution in [0.15, 0.2) is 35.7 Å². The zero-order valence-corrected chi connectivity index (χ0v) is 18.7. The van der Waals surface area contributed by atoms with Gasteiger partial charge >= 0.3 is 0 Å². The number of amides is 1. The van der Waals surface area contributed by atoms with Crippen LogP contribution in [-0.4, -0.2) is 42.5 Å². The lowest BCUT2D eigenvalue weighted by Crippen LogP contribution is -2.34. The van der Waals surface area contributed by atoms with Crippen molar-refractivity contribution < 1.29 is 4.79 Å². The van der Waals surface area contributed by atoms with Gasteiger partial charge in [-0.1, -0.05) is 18.2 Å². The summed E-state index contributed by atoms with van der Waals surface area (Å²) >= 11 is 1.58. The van der Waals surface area contributed by atoms with Gasteiger partial charge in [-0.15, -0.1) is 36.2 Å². The van der Waals surface area contributed by atoms with Gasteiger partial charge in [0.2, 0.25) is 5.91 Å². The summed E-state index contributed by atoms with van der Waals surface area (Å²) in [5, 5.41) is 9.14. The molecule has 1 saturated heterocycles. The number of carbonyl (C=O) groups is 1. The number of rotatable bonds is 8. The topological polar surface area (TPSA) is 57.3 Å². The molecule has 2 aromatic rings. The first-order chi connectivity index (χ1) is 12.7. The van der Waals surface area contributed by atoms with Crippen molar-refractivity contribution in [3.8, 4) is 0 Å². The molecule has 0 spiro atoms. The Balaban J connectivity index is 0.00000196. The molecule has 0 bridgehead atoms. The summed E-state index contributed by atoms with van der Waals surface area (Å²) < 4.78 is 0. The monoisotopic (exact) mass is 444 g/mol. The third kappa shape index (κ3) is 8.05. The van der Waals surface area contributed by atoms with Crippen molar-refractivity contribution in [2.45, 2.75) is 32.2 Å². The fourth-order valence-electron chi connectivity index (χ4n) is 3.38. The minimum atomic E-state index is -0.0116. The van der Waals surface area contributed by atoms with Gasteiger partial charge < -0.3 is 10.6 Å². The molecule has 0 saturated carbocycles. The van der Waals surface area contributed by atoms with E-state index in [1.54, 1.807) is 11.3 Å². The van der Waals surface area contributed by atoms with Crippen molar-refractivity contribution in [1.29, 1.82) is 0 Å².